The number of hydrogen-bond donors (Lipinski definition) is 2. The van der Waals surface area contributed by atoms with Gasteiger partial charge in [-0.05, 0) is 37.5 Å². The molecule has 1 aliphatic carbocycles. The van der Waals surface area contributed by atoms with Crippen LogP contribution < -0.4 is 10.6 Å². The predicted octanol–water partition coefficient (Wildman–Crippen LogP) is 0.683. The van der Waals surface area contributed by atoms with Crippen LogP contribution in [0.5, 0.6) is 0 Å². The Bertz CT molecular complexity index is 1000. The van der Waals surface area contributed by atoms with Gasteiger partial charge in [0.05, 0.1) is 17.5 Å². The Balaban J connectivity index is 1.45. The number of amides is 3. The molecule has 2 N–H and O–H groups in total. The summed E-state index contributed by atoms with van der Waals surface area (Å²) in [4.78, 5) is 37.0. The molecule has 3 amide bonds. The van der Waals surface area contributed by atoms with Crippen LogP contribution in [0.4, 0.5) is 5.69 Å². The monoisotopic (exact) mass is 418 g/mol. The van der Waals surface area contributed by atoms with E-state index in [0.29, 0.717) is 17.7 Å². The van der Waals surface area contributed by atoms with Gasteiger partial charge in [0.25, 0.3) is 11.8 Å². The van der Waals surface area contributed by atoms with Gasteiger partial charge in [-0.15, -0.1) is 0 Å². The molecule has 9 nitrogen and oxygen atoms in total. The molecule has 0 aromatic heterocycles. The summed E-state index contributed by atoms with van der Waals surface area (Å²) < 4.78 is 23.4. The number of rotatable bonds is 5. The van der Waals surface area contributed by atoms with Crippen molar-refractivity contribution in [3.8, 4) is 0 Å². The van der Waals surface area contributed by atoms with Crippen molar-refractivity contribution in [3.05, 3.63) is 29.8 Å². The van der Waals surface area contributed by atoms with Crippen LogP contribution in [0.1, 0.15) is 42.5 Å². The van der Waals surface area contributed by atoms with Crippen LogP contribution in [0, 0.1) is 0 Å². The Hall–Kier alpha value is -2.75. The second-order valence-corrected chi connectivity index (χ2v) is 9.85. The van der Waals surface area contributed by atoms with Crippen LogP contribution in [0.15, 0.2) is 29.4 Å². The van der Waals surface area contributed by atoms with Gasteiger partial charge in [-0.25, -0.2) is 13.4 Å². The number of sulfone groups is 1. The SMILES string of the molecule is O=C(Nc1cccc(C(=O)NC2CC2)c1)C1=NN([C@H]2CCS(=O)(=O)C2)C(=O)CC1. The second kappa shape index (κ2) is 7.58. The summed E-state index contributed by atoms with van der Waals surface area (Å²) in [6.07, 6.45) is 2.58. The first-order chi connectivity index (χ1) is 13.8. The maximum atomic E-state index is 12.6. The highest BCUT2D eigenvalue weighted by Crippen LogP contribution is 2.23. The standard InChI is InChI=1S/C19H22N4O5S/c24-17-7-6-16(22-23(17)15-8-9-29(27,28)11-15)19(26)21-14-3-1-2-12(10-14)18(25)20-13-4-5-13/h1-3,10,13,15H,4-9,11H2,(H,20,25)(H,21,26)/t15-/m0/s1. The number of nitrogens with one attached hydrogen (secondary N) is 2. The van der Waals surface area contributed by atoms with Gasteiger partial charge in [0.2, 0.25) is 5.91 Å². The van der Waals surface area contributed by atoms with Gasteiger partial charge in [0, 0.05) is 30.1 Å². The van der Waals surface area contributed by atoms with E-state index in [1.807, 2.05) is 0 Å². The van der Waals surface area contributed by atoms with Crippen molar-refractivity contribution < 1.29 is 22.8 Å². The molecule has 1 saturated heterocycles. The summed E-state index contributed by atoms with van der Waals surface area (Å²) in [5.41, 5.74) is 1.07. The van der Waals surface area contributed by atoms with Crippen LogP contribution in [-0.4, -0.2) is 60.4 Å². The van der Waals surface area contributed by atoms with E-state index in [1.165, 1.54) is 0 Å². The van der Waals surface area contributed by atoms with Gasteiger partial charge < -0.3 is 10.6 Å². The third-order valence-electron chi connectivity index (χ3n) is 5.17. The molecular formula is C19H22N4O5S. The second-order valence-electron chi connectivity index (χ2n) is 7.62. The van der Waals surface area contributed by atoms with Gasteiger partial charge in [-0.1, -0.05) is 6.07 Å². The van der Waals surface area contributed by atoms with Crippen molar-refractivity contribution in [2.75, 3.05) is 16.8 Å². The predicted molar refractivity (Wildman–Crippen MR) is 106 cm³/mol. The van der Waals surface area contributed by atoms with Crippen LogP contribution in [0.3, 0.4) is 0 Å². The topological polar surface area (TPSA) is 125 Å². The molecule has 1 saturated carbocycles. The molecular weight excluding hydrogens is 396 g/mol. The summed E-state index contributed by atoms with van der Waals surface area (Å²) in [5.74, 6) is -1.04. The van der Waals surface area contributed by atoms with Gasteiger partial charge in [-0.2, -0.15) is 5.10 Å². The van der Waals surface area contributed by atoms with E-state index in [0.717, 1.165) is 17.9 Å². The minimum atomic E-state index is -3.17. The minimum absolute atomic E-state index is 0.0220. The number of nitrogens with zero attached hydrogens (tertiary/aromatic N) is 2. The Morgan fingerprint density at radius 2 is 1.90 bits per heavy atom. The van der Waals surface area contributed by atoms with Crippen LogP contribution in [0.25, 0.3) is 0 Å². The number of hydrazone groups is 1. The average Bonchev–Trinajstić information content (AvgIpc) is 3.42. The largest absolute Gasteiger partial charge is 0.349 e. The van der Waals surface area contributed by atoms with Gasteiger partial charge in [0.15, 0.2) is 9.84 Å². The molecule has 2 fully saturated rings. The molecule has 0 spiro atoms. The fraction of sp³-hybridized carbons (Fsp3) is 0.474. The molecule has 10 heteroatoms. The normalized spacial score (nSPS) is 23.4. The third kappa shape index (κ3) is 4.64. The van der Waals surface area contributed by atoms with Crippen molar-refractivity contribution in [3.63, 3.8) is 0 Å². The zero-order chi connectivity index (χ0) is 20.6. The van der Waals surface area contributed by atoms with Crippen LogP contribution in [-0.2, 0) is 19.4 Å². The highest BCUT2D eigenvalue weighted by Gasteiger charge is 2.37. The highest BCUT2D eigenvalue weighted by atomic mass is 32.2. The van der Waals surface area contributed by atoms with Crippen molar-refractivity contribution in [2.24, 2.45) is 5.10 Å². The molecule has 1 aromatic rings. The summed E-state index contributed by atoms with van der Waals surface area (Å²) >= 11 is 0. The quantitative estimate of drug-likeness (QED) is 0.728. The number of hydrogen-bond acceptors (Lipinski definition) is 6. The molecule has 0 unspecified atom stereocenters. The average molecular weight is 418 g/mol. The van der Waals surface area contributed by atoms with E-state index in [9.17, 15) is 22.8 Å². The minimum Gasteiger partial charge on any atom is -0.349 e. The van der Waals surface area contributed by atoms with Crippen molar-refractivity contribution in [1.29, 1.82) is 0 Å². The lowest BCUT2D eigenvalue weighted by Gasteiger charge is -2.27. The molecule has 1 atom stereocenters. The first-order valence-electron chi connectivity index (χ1n) is 9.63. The summed E-state index contributed by atoms with van der Waals surface area (Å²) in [7, 11) is -3.17. The molecule has 0 bridgehead atoms. The highest BCUT2D eigenvalue weighted by molar-refractivity contribution is 7.91. The third-order valence-corrected chi connectivity index (χ3v) is 6.92. The molecule has 4 rings (SSSR count). The van der Waals surface area contributed by atoms with E-state index < -0.39 is 21.8 Å². The molecule has 29 heavy (non-hydrogen) atoms. The molecule has 1 aromatic carbocycles. The fourth-order valence-electron chi connectivity index (χ4n) is 3.43. The van der Waals surface area contributed by atoms with E-state index in [4.69, 9.17) is 0 Å². The lowest BCUT2D eigenvalue weighted by atomic mass is 10.1. The molecule has 3 aliphatic rings. The Kier molecular flexibility index (Phi) is 5.12. The van der Waals surface area contributed by atoms with E-state index in [-0.39, 0.29) is 47.9 Å². The van der Waals surface area contributed by atoms with E-state index in [1.54, 1.807) is 24.3 Å². The van der Waals surface area contributed by atoms with Gasteiger partial charge in [0.1, 0.15) is 5.71 Å². The lowest BCUT2D eigenvalue weighted by molar-refractivity contribution is -0.133. The maximum Gasteiger partial charge on any atom is 0.271 e. The van der Waals surface area contributed by atoms with Gasteiger partial charge in [-0.3, -0.25) is 14.4 Å². The Morgan fingerprint density at radius 1 is 1.10 bits per heavy atom. The Morgan fingerprint density at radius 3 is 2.59 bits per heavy atom. The maximum absolute atomic E-state index is 12.6. The van der Waals surface area contributed by atoms with Crippen LogP contribution >= 0.6 is 0 Å². The van der Waals surface area contributed by atoms with E-state index >= 15 is 0 Å². The number of carbonyl (C=O) groups excluding carboxylic acids is 3. The van der Waals surface area contributed by atoms with E-state index in [2.05, 4.69) is 15.7 Å². The smallest absolute Gasteiger partial charge is 0.271 e. The molecule has 0 radical (unpaired) electrons. The van der Waals surface area contributed by atoms with Gasteiger partial charge >= 0.3 is 0 Å². The zero-order valence-electron chi connectivity index (χ0n) is 15.8. The fourth-order valence-corrected chi connectivity index (χ4v) is 5.12. The summed E-state index contributed by atoms with van der Waals surface area (Å²) in [5, 5.41) is 10.9. The molecule has 2 aliphatic heterocycles. The van der Waals surface area contributed by atoms with Crippen molar-refractivity contribution >= 4 is 39.0 Å². The van der Waals surface area contributed by atoms with Crippen molar-refractivity contribution in [2.45, 2.75) is 44.2 Å². The number of benzene rings is 1. The number of carbonyl (C=O) groups is 3. The summed E-state index contributed by atoms with van der Waals surface area (Å²) in [6.45, 7) is 0. The first kappa shape index (κ1) is 19.6. The van der Waals surface area contributed by atoms with Crippen LogP contribution in [0.2, 0.25) is 0 Å². The summed E-state index contributed by atoms with van der Waals surface area (Å²) in [6, 6.07) is 6.32. The molecule has 154 valence electrons. The zero-order valence-corrected chi connectivity index (χ0v) is 16.6. The molecule has 2 heterocycles. The van der Waals surface area contributed by atoms with Crippen molar-refractivity contribution in [1.82, 2.24) is 10.3 Å². The number of anilines is 1. The lowest BCUT2D eigenvalue weighted by Crippen LogP contribution is -2.42. The Labute approximate surface area is 168 Å². The first-order valence-corrected chi connectivity index (χ1v) is 11.4.